The Morgan fingerprint density at radius 1 is 0.500 bits per heavy atom. The number of hydrogen-bond donors (Lipinski definition) is 2. The summed E-state index contributed by atoms with van der Waals surface area (Å²) in [5.74, 6) is 2.84. The van der Waals surface area contributed by atoms with Crippen molar-refractivity contribution in [1.29, 1.82) is 0 Å². The SMILES string of the molecule is COc1cc(N)cc(OC)c1.COc1cc(N)cc(OC)c1. The lowest BCUT2D eigenvalue weighted by Crippen LogP contribution is -1.90. The number of anilines is 2. The van der Waals surface area contributed by atoms with Crippen LogP contribution >= 0.6 is 0 Å². The Kier molecular flexibility index (Phi) is 6.69. The van der Waals surface area contributed by atoms with Gasteiger partial charge in [-0.1, -0.05) is 0 Å². The minimum atomic E-state index is 0.640. The van der Waals surface area contributed by atoms with Gasteiger partial charge in [-0.3, -0.25) is 0 Å². The smallest absolute Gasteiger partial charge is 0.124 e. The molecule has 0 aliphatic carbocycles. The molecule has 2 rings (SSSR count). The van der Waals surface area contributed by atoms with E-state index in [1.54, 1.807) is 64.8 Å². The quantitative estimate of drug-likeness (QED) is 0.844. The van der Waals surface area contributed by atoms with Crippen LogP contribution in [0.1, 0.15) is 0 Å². The van der Waals surface area contributed by atoms with Crippen molar-refractivity contribution in [3.05, 3.63) is 36.4 Å². The molecule has 0 aromatic heterocycles. The Hall–Kier alpha value is -2.76. The largest absolute Gasteiger partial charge is 0.497 e. The molecule has 4 N–H and O–H groups in total. The predicted octanol–water partition coefficient (Wildman–Crippen LogP) is 2.57. The van der Waals surface area contributed by atoms with Crippen LogP contribution in [0.25, 0.3) is 0 Å². The van der Waals surface area contributed by atoms with E-state index in [2.05, 4.69) is 0 Å². The van der Waals surface area contributed by atoms with E-state index in [1.165, 1.54) is 0 Å². The topological polar surface area (TPSA) is 89.0 Å². The summed E-state index contributed by atoms with van der Waals surface area (Å²) < 4.78 is 19.9. The minimum absolute atomic E-state index is 0.640. The van der Waals surface area contributed by atoms with Gasteiger partial charge in [0.05, 0.1) is 28.4 Å². The third-order valence-electron chi connectivity index (χ3n) is 2.75. The fourth-order valence-electron chi connectivity index (χ4n) is 1.66. The highest BCUT2D eigenvalue weighted by atomic mass is 16.5. The van der Waals surface area contributed by atoms with Crippen molar-refractivity contribution in [2.45, 2.75) is 0 Å². The average Bonchev–Trinajstić information content (AvgIpc) is 2.53. The predicted molar refractivity (Wildman–Crippen MR) is 87.9 cm³/mol. The maximum atomic E-state index is 5.55. The van der Waals surface area contributed by atoms with Crippen molar-refractivity contribution in [2.75, 3.05) is 39.9 Å². The van der Waals surface area contributed by atoms with E-state index >= 15 is 0 Å². The molecule has 0 radical (unpaired) electrons. The average molecular weight is 306 g/mol. The fraction of sp³-hybridized carbons (Fsp3) is 0.250. The summed E-state index contributed by atoms with van der Waals surface area (Å²) in [6.45, 7) is 0. The van der Waals surface area contributed by atoms with Crippen molar-refractivity contribution < 1.29 is 18.9 Å². The monoisotopic (exact) mass is 306 g/mol. The summed E-state index contributed by atoms with van der Waals surface area (Å²) in [7, 11) is 6.37. The highest BCUT2D eigenvalue weighted by molar-refractivity contribution is 5.50. The molecule has 0 heterocycles. The molecule has 0 amide bonds. The number of benzene rings is 2. The first kappa shape index (κ1) is 17.3. The Morgan fingerprint density at radius 3 is 0.909 bits per heavy atom. The first-order valence-electron chi connectivity index (χ1n) is 6.49. The van der Waals surface area contributed by atoms with Crippen LogP contribution in [0.2, 0.25) is 0 Å². The van der Waals surface area contributed by atoms with Gasteiger partial charge in [0.2, 0.25) is 0 Å². The first-order valence-corrected chi connectivity index (χ1v) is 6.49. The van der Waals surface area contributed by atoms with Gasteiger partial charge in [0.15, 0.2) is 0 Å². The lowest BCUT2D eigenvalue weighted by molar-refractivity contribution is 0.394. The van der Waals surface area contributed by atoms with E-state index in [1.807, 2.05) is 0 Å². The third kappa shape index (κ3) is 5.32. The molecular formula is C16H22N2O4. The van der Waals surface area contributed by atoms with Gasteiger partial charge >= 0.3 is 0 Å². The molecule has 2 aromatic rings. The Balaban J connectivity index is 0.000000220. The Labute approximate surface area is 130 Å². The van der Waals surface area contributed by atoms with Crippen LogP contribution in [0.4, 0.5) is 11.4 Å². The van der Waals surface area contributed by atoms with Crippen LogP contribution in [0.3, 0.4) is 0 Å². The van der Waals surface area contributed by atoms with Gasteiger partial charge in [-0.15, -0.1) is 0 Å². The third-order valence-corrected chi connectivity index (χ3v) is 2.75. The summed E-state index contributed by atoms with van der Waals surface area (Å²) >= 11 is 0. The van der Waals surface area contributed by atoms with Crippen LogP contribution in [0, 0.1) is 0 Å². The van der Waals surface area contributed by atoms with Crippen LogP contribution in [-0.2, 0) is 0 Å². The second-order valence-electron chi connectivity index (χ2n) is 4.29. The standard InChI is InChI=1S/2C8H11NO2/c2*1-10-7-3-6(9)4-8(5-7)11-2/h2*3-5H,9H2,1-2H3. The van der Waals surface area contributed by atoms with E-state index < -0.39 is 0 Å². The van der Waals surface area contributed by atoms with E-state index in [0.717, 1.165) is 0 Å². The molecule has 0 spiro atoms. The molecule has 0 unspecified atom stereocenters. The zero-order valence-electron chi connectivity index (χ0n) is 13.3. The summed E-state index contributed by atoms with van der Waals surface area (Å²) in [4.78, 5) is 0. The van der Waals surface area contributed by atoms with E-state index in [9.17, 15) is 0 Å². The second-order valence-corrected chi connectivity index (χ2v) is 4.29. The summed E-state index contributed by atoms with van der Waals surface area (Å²) in [6, 6.07) is 10.5. The second kappa shape index (κ2) is 8.51. The zero-order valence-corrected chi connectivity index (χ0v) is 13.3. The molecule has 120 valence electrons. The molecule has 0 aliphatic heterocycles. The molecule has 6 nitrogen and oxygen atoms in total. The van der Waals surface area contributed by atoms with E-state index in [-0.39, 0.29) is 0 Å². The molecule has 0 aliphatic rings. The lowest BCUT2D eigenvalue weighted by Gasteiger charge is -2.04. The maximum Gasteiger partial charge on any atom is 0.124 e. The summed E-state index contributed by atoms with van der Waals surface area (Å²) in [5, 5.41) is 0. The van der Waals surface area contributed by atoms with E-state index in [4.69, 9.17) is 30.4 Å². The van der Waals surface area contributed by atoms with Crippen molar-refractivity contribution in [1.82, 2.24) is 0 Å². The fourth-order valence-corrected chi connectivity index (χ4v) is 1.66. The van der Waals surface area contributed by atoms with Crippen molar-refractivity contribution in [3.63, 3.8) is 0 Å². The Morgan fingerprint density at radius 2 is 0.727 bits per heavy atom. The number of nitrogen functional groups attached to an aromatic ring is 2. The van der Waals surface area contributed by atoms with Gasteiger partial charge in [0.1, 0.15) is 23.0 Å². The van der Waals surface area contributed by atoms with Crippen LogP contribution in [0.5, 0.6) is 23.0 Å². The number of nitrogens with two attached hydrogens (primary N) is 2. The Bertz CT molecular complexity index is 505. The number of hydrogen-bond acceptors (Lipinski definition) is 6. The van der Waals surface area contributed by atoms with Gasteiger partial charge < -0.3 is 30.4 Å². The molecule has 0 saturated carbocycles. The molecule has 0 fully saturated rings. The number of rotatable bonds is 4. The molecule has 0 atom stereocenters. The molecule has 6 heteroatoms. The van der Waals surface area contributed by atoms with Crippen molar-refractivity contribution in [2.24, 2.45) is 0 Å². The molecule has 22 heavy (non-hydrogen) atoms. The normalized spacial score (nSPS) is 9.27. The molecule has 0 bridgehead atoms. The van der Waals surface area contributed by atoms with Gasteiger partial charge in [-0.05, 0) is 0 Å². The zero-order chi connectivity index (χ0) is 16.5. The highest BCUT2D eigenvalue weighted by Crippen LogP contribution is 2.24. The summed E-state index contributed by atoms with van der Waals surface area (Å²) in [5.41, 5.74) is 12.4. The van der Waals surface area contributed by atoms with Crippen molar-refractivity contribution in [3.8, 4) is 23.0 Å². The van der Waals surface area contributed by atoms with Gasteiger partial charge in [0, 0.05) is 47.8 Å². The van der Waals surface area contributed by atoms with Crippen LogP contribution in [-0.4, -0.2) is 28.4 Å². The van der Waals surface area contributed by atoms with Crippen LogP contribution in [0.15, 0.2) is 36.4 Å². The van der Waals surface area contributed by atoms with Gasteiger partial charge in [-0.25, -0.2) is 0 Å². The van der Waals surface area contributed by atoms with Crippen LogP contribution < -0.4 is 30.4 Å². The lowest BCUT2D eigenvalue weighted by atomic mass is 10.3. The first-order chi connectivity index (χ1) is 10.5. The molecule has 0 saturated heterocycles. The number of ether oxygens (including phenoxy) is 4. The molecule has 2 aromatic carbocycles. The highest BCUT2D eigenvalue weighted by Gasteiger charge is 1.97. The van der Waals surface area contributed by atoms with Crippen molar-refractivity contribution >= 4 is 11.4 Å². The van der Waals surface area contributed by atoms with Gasteiger partial charge in [-0.2, -0.15) is 0 Å². The molecular weight excluding hydrogens is 284 g/mol. The van der Waals surface area contributed by atoms with Gasteiger partial charge in [0.25, 0.3) is 0 Å². The maximum absolute atomic E-state index is 5.55. The summed E-state index contributed by atoms with van der Waals surface area (Å²) in [6.07, 6.45) is 0. The van der Waals surface area contributed by atoms with E-state index in [0.29, 0.717) is 34.4 Å². The number of methoxy groups -OCH3 is 4. The minimum Gasteiger partial charge on any atom is -0.497 e.